The van der Waals surface area contributed by atoms with Crippen molar-refractivity contribution in [2.45, 2.75) is 38.6 Å². The summed E-state index contributed by atoms with van der Waals surface area (Å²) in [6, 6.07) is 0. The predicted octanol–water partition coefficient (Wildman–Crippen LogP) is 2.00. The Morgan fingerprint density at radius 2 is 2.20 bits per heavy atom. The van der Waals surface area contributed by atoms with Crippen molar-refractivity contribution in [1.29, 1.82) is 0 Å². The number of hydrogen-bond acceptors (Lipinski definition) is 3. The van der Waals surface area contributed by atoms with Crippen molar-refractivity contribution in [2.75, 3.05) is 5.32 Å². The molecule has 0 saturated carbocycles. The van der Waals surface area contributed by atoms with E-state index < -0.39 is 11.5 Å². The third-order valence-corrected chi connectivity index (χ3v) is 3.59. The molecule has 2 N–H and O–H groups in total. The number of carboxylic acid groups (broad SMARTS) is 1. The number of rotatable bonds is 4. The van der Waals surface area contributed by atoms with Gasteiger partial charge in [0.2, 0.25) is 5.91 Å². The highest BCUT2D eigenvalue weighted by atomic mass is 16.4. The summed E-state index contributed by atoms with van der Waals surface area (Å²) < 4.78 is 1.34. The van der Waals surface area contributed by atoms with Gasteiger partial charge in [0.25, 0.3) is 0 Å². The number of anilines is 1. The molecule has 0 aromatic carbocycles. The van der Waals surface area contributed by atoms with Gasteiger partial charge >= 0.3 is 5.97 Å². The van der Waals surface area contributed by atoms with Gasteiger partial charge in [-0.15, -0.1) is 0 Å². The number of aliphatic carboxylic acids is 1. The van der Waals surface area contributed by atoms with Gasteiger partial charge in [-0.05, 0) is 33.1 Å². The number of carboxylic acids is 1. The summed E-state index contributed by atoms with van der Waals surface area (Å²) in [5.74, 6) is -1.03. The molecule has 0 fully saturated rings. The van der Waals surface area contributed by atoms with Gasteiger partial charge in [0, 0.05) is 12.1 Å². The van der Waals surface area contributed by atoms with Crippen molar-refractivity contribution in [2.24, 2.45) is 5.92 Å². The molecule has 0 spiro atoms. The van der Waals surface area contributed by atoms with Gasteiger partial charge in [0.05, 0.1) is 11.9 Å². The SMILES string of the molecule is CC(C)(C(=O)O)n1cc(NC(=O)[C@@H]2CC=CCC2)cn1. The van der Waals surface area contributed by atoms with E-state index in [-0.39, 0.29) is 11.8 Å². The molecule has 1 atom stereocenters. The average molecular weight is 277 g/mol. The van der Waals surface area contributed by atoms with Crippen LogP contribution < -0.4 is 5.32 Å². The van der Waals surface area contributed by atoms with E-state index >= 15 is 0 Å². The van der Waals surface area contributed by atoms with Gasteiger partial charge in [-0.25, -0.2) is 4.79 Å². The van der Waals surface area contributed by atoms with Crippen LogP contribution in [0.15, 0.2) is 24.5 Å². The van der Waals surface area contributed by atoms with Crippen molar-refractivity contribution in [1.82, 2.24) is 9.78 Å². The topological polar surface area (TPSA) is 84.2 Å². The average Bonchev–Trinajstić information content (AvgIpc) is 2.88. The van der Waals surface area contributed by atoms with Crippen LogP contribution in [0.4, 0.5) is 5.69 Å². The summed E-state index contributed by atoms with van der Waals surface area (Å²) in [4.78, 5) is 23.2. The molecule has 1 aliphatic rings. The standard InChI is InChI=1S/C14H19N3O3/c1-14(2,13(19)20)17-9-11(8-15-17)16-12(18)10-6-4-3-5-7-10/h3-4,8-10H,5-7H2,1-2H3,(H,16,18)(H,19,20)/t10-/m1/s1. The Morgan fingerprint density at radius 3 is 2.80 bits per heavy atom. The molecule has 20 heavy (non-hydrogen) atoms. The third-order valence-electron chi connectivity index (χ3n) is 3.59. The lowest BCUT2D eigenvalue weighted by Crippen LogP contribution is -2.36. The summed E-state index contributed by atoms with van der Waals surface area (Å²) >= 11 is 0. The third kappa shape index (κ3) is 2.89. The van der Waals surface area contributed by atoms with E-state index in [0.29, 0.717) is 5.69 Å². The van der Waals surface area contributed by atoms with E-state index in [1.807, 2.05) is 6.08 Å². The molecular formula is C14H19N3O3. The van der Waals surface area contributed by atoms with E-state index in [1.54, 1.807) is 20.0 Å². The summed E-state index contributed by atoms with van der Waals surface area (Å²) in [6.07, 6.45) is 9.63. The zero-order valence-electron chi connectivity index (χ0n) is 11.7. The summed E-state index contributed by atoms with van der Waals surface area (Å²) in [5.41, 5.74) is -0.616. The first-order valence-corrected chi connectivity index (χ1v) is 6.65. The Balaban J connectivity index is 2.04. The zero-order valence-corrected chi connectivity index (χ0v) is 11.7. The second-order valence-corrected chi connectivity index (χ2v) is 5.51. The number of carbonyl (C=O) groups is 2. The van der Waals surface area contributed by atoms with Crippen LogP contribution in [0, 0.1) is 5.92 Å². The first kappa shape index (κ1) is 14.3. The van der Waals surface area contributed by atoms with Crippen LogP contribution in [-0.4, -0.2) is 26.8 Å². The number of allylic oxidation sites excluding steroid dienone is 2. The molecule has 1 aromatic heterocycles. The highest BCUT2D eigenvalue weighted by Crippen LogP contribution is 2.21. The van der Waals surface area contributed by atoms with Crippen LogP contribution in [0.5, 0.6) is 0 Å². The lowest BCUT2D eigenvalue weighted by Gasteiger charge is -2.19. The number of nitrogens with zero attached hydrogens (tertiary/aromatic N) is 2. The lowest BCUT2D eigenvalue weighted by atomic mass is 9.94. The second kappa shape index (κ2) is 5.48. The fourth-order valence-corrected chi connectivity index (χ4v) is 2.07. The van der Waals surface area contributed by atoms with Crippen LogP contribution in [0.25, 0.3) is 0 Å². The molecule has 2 rings (SSSR count). The normalized spacial score (nSPS) is 18.8. The molecule has 6 nitrogen and oxygen atoms in total. The van der Waals surface area contributed by atoms with Crippen molar-refractivity contribution >= 4 is 17.6 Å². The van der Waals surface area contributed by atoms with Crippen LogP contribution in [-0.2, 0) is 15.1 Å². The van der Waals surface area contributed by atoms with Crippen LogP contribution in [0.1, 0.15) is 33.1 Å². The van der Waals surface area contributed by atoms with Gasteiger partial charge in [0.15, 0.2) is 5.54 Å². The van der Waals surface area contributed by atoms with Crippen LogP contribution in [0.2, 0.25) is 0 Å². The number of carbonyl (C=O) groups excluding carboxylic acids is 1. The minimum absolute atomic E-state index is 0.0177. The van der Waals surface area contributed by atoms with Gasteiger partial charge in [-0.2, -0.15) is 5.10 Å². The number of amides is 1. The Labute approximate surface area is 117 Å². The minimum atomic E-state index is -1.14. The largest absolute Gasteiger partial charge is 0.479 e. The van der Waals surface area contributed by atoms with E-state index in [9.17, 15) is 9.59 Å². The van der Waals surface area contributed by atoms with Gasteiger partial charge < -0.3 is 10.4 Å². The van der Waals surface area contributed by atoms with Crippen molar-refractivity contribution in [3.05, 3.63) is 24.5 Å². The van der Waals surface area contributed by atoms with Crippen molar-refractivity contribution in [3.63, 3.8) is 0 Å². The number of hydrogen-bond donors (Lipinski definition) is 2. The Hall–Kier alpha value is -2.11. The quantitative estimate of drug-likeness (QED) is 0.824. The first-order valence-electron chi connectivity index (χ1n) is 6.65. The smallest absolute Gasteiger partial charge is 0.331 e. The van der Waals surface area contributed by atoms with E-state index in [0.717, 1.165) is 19.3 Å². The molecule has 1 heterocycles. The monoisotopic (exact) mass is 277 g/mol. The predicted molar refractivity (Wildman–Crippen MR) is 74.3 cm³/mol. The summed E-state index contributed by atoms with van der Waals surface area (Å²) in [5, 5.41) is 15.9. The first-order chi connectivity index (χ1) is 9.41. The Bertz CT molecular complexity index is 546. The number of nitrogens with one attached hydrogen (secondary N) is 1. The van der Waals surface area contributed by atoms with Crippen LogP contribution >= 0.6 is 0 Å². The second-order valence-electron chi connectivity index (χ2n) is 5.51. The van der Waals surface area contributed by atoms with Gasteiger partial charge in [-0.3, -0.25) is 9.48 Å². The fourth-order valence-electron chi connectivity index (χ4n) is 2.07. The summed E-state index contributed by atoms with van der Waals surface area (Å²) in [6.45, 7) is 3.11. The molecule has 1 amide bonds. The zero-order chi connectivity index (χ0) is 14.8. The maximum Gasteiger partial charge on any atom is 0.331 e. The van der Waals surface area contributed by atoms with E-state index in [2.05, 4.69) is 16.5 Å². The Morgan fingerprint density at radius 1 is 1.45 bits per heavy atom. The lowest BCUT2D eigenvalue weighted by molar-refractivity contribution is -0.146. The molecule has 1 aromatic rings. The minimum Gasteiger partial charge on any atom is -0.479 e. The van der Waals surface area contributed by atoms with Gasteiger partial charge in [0.1, 0.15) is 0 Å². The van der Waals surface area contributed by atoms with Crippen molar-refractivity contribution < 1.29 is 14.7 Å². The maximum atomic E-state index is 12.1. The van der Waals surface area contributed by atoms with E-state index in [4.69, 9.17) is 5.11 Å². The molecule has 0 aliphatic heterocycles. The highest BCUT2D eigenvalue weighted by molar-refractivity contribution is 5.92. The van der Waals surface area contributed by atoms with E-state index in [1.165, 1.54) is 10.9 Å². The molecule has 0 unspecified atom stereocenters. The maximum absolute atomic E-state index is 12.1. The van der Waals surface area contributed by atoms with Gasteiger partial charge in [-0.1, -0.05) is 12.2 Å². The molecule has 6 heteroatoms. The summed E-state index contributed by atoms with van der Waals surface area (Å²) in [7, 11) is 0. The highest BCUT2D eigenvalue weighted by Gasteiger charge is 2.30. The number of aromatic nitrogens is 2. The van der Waals surface area contributed by atoms with Crippen molar-refractivity contribution in [3.8, 4) is 0 Å². The molecular weight excluding hydrogens is 258 g/mol. The molecule has 0 bridgehead atoms. The fraction of sp³-hybridized carbons (Fsp3) is 0.500. The molecule has 0 saturated heterocycles. The Kier molecular flexibility index (Phi) is 3.92. The molecule has 1 aliphatic carbocycles. The molecule has 0 radical (unpaired) electrons. The van der Waals surface area contributed by atoms with Crippen LogP contribution in [0.3, 0.4) is 0 Å². The molecule has 108 valence electrons.